The summed E-state index contributed by atoms with van der Waals surface area (Å²) in [6.45, 7) is 0. The average molecular weight is 259 g/mol. The Morgan fingerprint density at radius 3 is 2.42 bits per heavy atom. The van der Waals surface area contributed by atoms with Crippen LogP contribution in [0, 0.1) is 11.8 Å². The minimum atomic E-state index is -1.07. The van der Waals surface area contributed by atoms with E-state index in [-0.39, 0.29) is 0 Å². The predicted molar refractivity (Wildman–Crippen MR) is 74.2 cm³/mol. The second-order valence-corrected chi connectivity index (χ2v) is 5.99. The number of hydrogen-bond acceptors (Lipinski definition) is 3. The lowest BCUT2D eigenvalue weighted by molar-refractivity contribution is 0.0305. The second kappa shape index (κ2) is 4.97. The Bertz CT molecular complexity index is 471. The molecule has 2 fully saturated rings. The molecule has 2 saturated carbocycles. The first-order valence-corrected chi connectivity index (χ1v) is 7.23. The fourth-order valence-electron chi connectivity index (χ4n) is 3.86. The van der Waals surface area contributed by atoms with Crippen LogP contribution < -0.4 is 0 Å². The van der Waals surface area contributed by atoms with E-state index in [0.717, 1.165) is 12.0 Å². The molecule has 2 aliphatic rings. The third-order valence-corrected chi connectivity index (χ3v) is 4.93. The van der Waals surface area contributed by atoms with Gasteiger partial charge in [0.2, 0.25) is 0 Å². The van der Waals surface area contributed by atoms with E-state index >= 15 is 0 Å². The summed E-state index contributed by atoms with van der Waals surface area (Å²) in [6, 6.07) is 9.64. The van der Waals surface area contributed by atoms with Gasteiger partial charge in [0.15, 0.2) is 0 Å². The zero-order valence-corrected chi connectivity index (χ0v) is 11.1. The van der Waals surface area contributed by atoms with Crippen LogP contribution in [0.3, 0.4) is 0 Å². The van der Waals surface area contributed by atoms with Crippen LogP contribution in [0.15, 0.2) is 35.5 Å². The molecule has 2 N–H and O–H groups in total. The SMILES string of the molecule is O/N=C1/CC2CCCCC2CC1(O)c1ccccc1. The molecule has 0 spiro atoms. The molecule has 1 aromatic rings. The largest absolute Gasteiger partial charge is 0.411 e. The van der Waals surface area contributed by atoms with Crippen LogP contribution >= 0.6 is 0 Å². The monoisotopic (exact) mass is 259 g/mol. The van der Waals surface area contributed by atoms with Gasteiger partial charge < -0.3 is 10.3 Å². The van der Waals surface area contributed by atoms with Crippen molar-refractivity contribution in [2.24, 2.45) is 17.0 Å². The summed E-state index contributed by atoms with van der Waals surface area (Å²) in [5, 5.41) is 23.8. The maximum absolute atomic E-state index is 11.1. The van der Waals surface area contributed by atoms with E-state index in [2.05, 4.69) is 5.16 Å². The number of oxime groups is 1. The molecule has 0 heterocycles. The zero-order chi connectivity index (χ0) is 13.3. The molecule has 3 nitrogen and oxygen atoms in total. The highest BCUT2D eigenvalue weighted by Crippen LogP contribution is 2.46. The summed E-state index contributed by atoms with van der Waals surface area (Å²) in [7, 11) is 0. The van der Waals surface area contributed by atoms with Gasteiger partial charge in [0, 0.05) is 0 Å². The Hall–Kier alpha value is -1.35. The average Bonchev–Trinajstić information content (AvgIpc) is 2.47. The Morgan fingerprint density at radius 2 is 1.74 bits per heavy atom. The number of rotatable bonds is 1. The molecule has 3 atom stereocenters. The summed E-state index contributed by atoms with van der Waals surface area (Å²) < 4.78 is 0. The summed E-state index contributed by atoms with van der Waals surface area (Å²) in [6.07, 6.45) is 6.35. The van der Waals surface area contributed by atoms with Crippen molar-refractivity contribution < 1.29 is 10.3 Å². The van der Waals surface area contributed by atoms with Crippen molar-refractivity contribution in [1.29, 1.82) is 0 Å². The fourth-order valence-corrected chi connectivity index (χ4v) is 3.86. The lowest BCUT2D eigenvalue weighted by atomic mass is 9.63. The van der Waals surface area contributed by atoms with E-state index in [1.165, 1.54) is 25.7 Å². The van der Waals surface area contributed by atoms with E-state index in [9.17, 15) is 10.3 Å². The smallest absolute Gasteiger partial charge is 0.131 e. The molecule has 0 amide bonds. The van der Waals surface area contributed by atoms with E-state index in [4.69, 9.17) is 0 Å². The van der Waals surface area contributed by atoms with Gasteiger partial charge in [-0.3, -0.25) is 0 Å². The van der Waals surface area contributed by atoms with E-state index in [0.29, 0.717) is 24.0 Å². The molecule has 3 rings (SSSR count). The minimum Gasteiger partial charge on any atom is -0.411 e. The van der Waals surface area contributed by atoms with Gasteiger partial charge in [-0.05, 0) is 36.7 Å². The van der Waals surface area contributed by atoms with Crippen molar-refractivity contribution in [2.45, 2.75) is 44.1 Å². The van der Waals surface area contributed by atoms with Gasteiger partial charge >= 0.3 is 0 Å². The minimum absolute atomic E-state index is 0.543. The maximum atomic E-state index is 11.1. The third kappa shape index (κ3) is 2.16. The number of hydrogen-bond donors (Lipinski definition) is 2. The molecule has 3 heteroatoms. The zero-order valence-electron chi connectivity index (χ0n) is 11.1. The molecule has 0 aliphatic heterocycles. The topological polar surface area (TPSA) is 52.8 Å². The molecule has 19 heavy (non-hydrogen) atoms. The Morgan fingerprint density at radius 1 is 1.05 bits per heavy atom. The van der Waals surface area contributed by atoms with Gasteiger partial charge in [-0.1, -0.05) is 54.8 Å². The van der Waals surface area contributed by atoms with E-state index in [1.807, 2.05) is 30.3 Å². The van der Waals surface area contributed by atoms with Crippen LogP contribution in [0.25, 0.3) is 0 Å². The van der Waals surface area contributed by atoms with Crippen molar-refractivity contribution in [2.75, 3.05) is 0 Å². The van der Waals surface area contributed by atoms with Crippen LogP contribution in [0.1, 0.15) is 44.1 Å². The van der Waals surface area contributed by atoms with Crippen molar-refractivity contribution in [3.05, 3.63) is 35.9 Å². The highest BCUT2D eigenvalue weighted by atomic mass is 16.4. The lowest BCUT2D eigenvalue weighted by Crippen LogP contribution is -2.46. The molecular formula is C16H21NO2. The van der Waals surface area contributed by atoms with Crippen LogP contribution in [0.4, 0.5) is 0 Å². The summed E-state index contributed by atoms with van der Waals surface area (Å²) in [5.41, 5.74) is 0.322. The third-order valence-electron chi connectivity index (χ3n) is 4.93. The van der Waals surface area contributed by atoms with Crippen LogP contribution in [0.2, 0.25) is 0 Å². The molecule has 0 saturated heterocycles. The molecule has 0 aromatic heterocycles. The van der Waals surface area contributed by atoms with Crippen molar-refractivity contribution in [1.82, 2.24) is 0 Å². The van der Waals surface area contributed by atoms with Gasteiger partial charge in [0.25, 0.3) is 0 Å². The van der Waals surface area contributed by atoms with Gasteiger partial charge in [-0.2, -0.15) is 0 Å². The Balaban J connectivity index is 1.95. The summed E-state index contributed by atoms with van der Waals surface area (Å²) >= 11 is 0. The molecule has 2 aliphatic carbocycles. The first kappa shape index (κ1) is 12.7. The quantitative estimate of drug-likeness (QED) is 0.600. The first-order chi connectivity index (χ1) is 9.24. The summed E-state index contributed by atoms with van der Waals surface area (Å²) in [4.78, 5) is 0. The van der Waals surface area contributed by atoms with Crippen molar-refractivity contribution in [3.8, 4) is 0 Å². The molecule has 3 unspecified atom stereocenters. The Labute approximate surface area is 114 Å². The number of nitrogens with zero attached hydrogens (tertiary/aromatic N) is 1. The molecule has 102 valence electrons. The van der Waals surface area contributed by atoms with Crippen LogP contribution in [-0.4, -0.2) is 16.0 Å². The van der Waals surface area contributed by atoms with Gasteiger partial charge in [0.1, 0.15) is 5.60 Å². The maximum Gasteiger partial charge on any atom is 0.131 e. The normalized spacial score (nSPS) is 37.0. The fraction of sp³-hybridized carbons (Fsp3) is 0.562. The van der Waals surface area contributed by atoms with Gasteiger partial charge in [0.05, 0.1) is 5.71 Å². The van der Waals surface area contributed by atoms with Crippen molar-refractivity contribution >= 4 is 5.71 Å². The van der Waals surface area contributed by atoms with Crippen LogP contribution in [-0.2, 0) is 5.60 Å². The second-order valence-electron chi connectivity index (χ2n) is 5.99. The summed E-state index contributed by atoms with van der Waals surface area (Å²) in [5.74, 6) is 1.15. The Kier molecular flexibility index (Phi) is 3.31. The van der Waals surface area contributed by atoms with Gasteiger partial charge in [-0.15, -0.1) is 0 Å². The van der Waals surface area contributed by atoms with Crippen LogP contribution in [0.5, 0.6) is 0 Å². The van der Waals surface area contributed by atoms with Gasteiger partial charge in [-0.25, -0.2) is 0 Å². The highest BCUT2D eigenvalue weighted by molar-refractivity contribution is 5.93. The number of benzene rings is 1. The predicted octanol–water partition coefficient (Wildman–Crippen LogP) is 3.30. The first-order valence-electron chi connectivity index (χ1n) is 7.23. The van der Waals surface area contributed by atoms with Crippen molar-refractivity contribution in [3.63, 3.8) is 0 Å². The molecular weight excluding hydrogens is 238 g/mol. The highest BCUT2D eigenvalue weighted by Gasteiger charge is 2.46. The molecule has 0 bridgehead atoms. The number of fused-ring (bicyclic) bond motifs is 1. The van der Waals surface area contributed by atoms with E-state index < -0.39 is 5.60 Å². The number of aliphatic hydroxyl groups is 1. The lowest BCUT2D eigenvalue weighted by Gasteiger charge is -2.44. The standard InChI is InChI=1S/C16H21NO2/c18-16(14-8-2-1-3-9-14)11-13-7-5-4-6-12(13)10-15(16)17-19/h1-3,8-9,12-13,18-19H,4-7,10-11H2/b17-15-. The molecule has 1 aromatic carbocycles. The molecule has 0 radical (unpaired) electrons. The van der Waals surface area contributed by atoms with E-state index in [1.54, 1.807) is 0 Å².